The van der Waals surface area contributed by atoms with E-state index < -0.39 is 0 Å². The lowest BCUT2D eigenvalue weighted by Crippen LogP contribution is -2.16. The van der Waals surface area contributed by atoms with Gasteiger partial charge in [-0.25, -0.2) is 0 Å². The molecular formula is C20H19ClN2O3S. The lowest BCUT2D eigenvalue weighted by molar-refractivity contribution is -0.113. The number of carbonyl (C=O) groups excluding carboxylic acids is 2. The van der Waals surface area contributed by atoms with Gasteiger partial charge in [0.25, 0.3) is 0 Å². The molecule has 0 bridgehead atoms. The smallest absolute Gasteiger partial charge is 0.234 e. The van der Waals surface area contributed by atoms with Crippen LogP contribution in [0.2, 0.25) is 5.02 Å². The van der Waals surface area contributed by atoms with Gasteiger partial charge < -0.3 is 15.0 Å². The molecule has 5 nitrogen and oxygen atoms in total. The molecule has 0 unspecified atom stereocenters. The summed E-state index contributed by atoms with van der Waals surface area (Å²) in [6.45, 7) is 1.85. The van der Waals surface area contributed by atoms with Crippen molar-refractivity contribution in [3.05, 3.63) is 58.7 Å². The highest BCUT2D eigenvalue weighted by Gasteiger charge is 2.14. The van der Waals surface area contributed by atoms with Crippen LogP contribution >= 0.6 is 23.4 Å². The number of anilines is 1. The van der Waals surface area contributed by atoms with E-state index in [9.17, 15) is 9.59 Å². The number of H-pyrrole nitrogens is 1. The topological polar surface area (TPSA) is 71.2 Å². The second-order valence-corrected chi connectivity index (χ2v) is 7.41. The van der Waals surface area contributed by atoms with Crippen molar-refractivity contribution in [3.8, 4) is 5.75 Å². The first-order valence-electron chi connectivity index (χ1n) is 8.30. The lowest BCUT2D eigenvalue weighted by Gasteiger charge is -2.12. The molecule has 1 aromatic heterocycles. The number of nitrogens with one attached hydrogen (secondary N) is 2. The highest BCUT2D eigenvalue weighted by atomic mass is 35.5. The van der Waals surface area contributed by atoms with Gasteiger partial charge in [0, 0.05) is 33.8 Å². The maximum Gasteiger partial charge on any atom is 0.234 e. The summed E-state index contributed by atoms with van der Waals surface area (Å²) in [6.07, 6.45) is 1.72. The minimum Gasteiger partial charge on any atom is -0.495 e. The largest absolute Gasteiger partial charge is 0.495 e. The summed E-state index contributed by atoms with van der Waals surface area (Å²) in [5, 5.41) is 4.28. The molecule has 3 rings (SSSR count). The molecule has 2 aromatic carbocycles. The number of para-hydroxylation sites is 1. The van der Waals surface area contributed by atoms with Crippen molar-refractivity contribution >= 4 is 51.6 Å². The molecule has 27 heavy (non-hydrogen) atoms. The number of aromatic amines is 1. The van der Waals surface area contributed by atoms with Crippen LogP contribution in [0.5, 0.6) is 5.75 Å². The number of Topliss-reactive ketones (excluding diaryl/α,β-unsaturated/α-hetero) is 1. The number of carbonyl (C=O) groups is 2. The number of fused-ring (bicyclic) bond motifs is 1. The summed E-state index contributed by atoms with van der Waals surface area (Å²) < 4.78 is 5.25. The Balaban J connectivity index is 1.57. The number of ketones is 1. The summed E-state index contributed by atoms with van der Waals surface area (Å²) >= 11 is 7.35. The molecule has 0 aliphatic rings. The zero-order valence-corrected chi connectivity index (χ0v) is 16.5. The third-order valence-electron chi connectivity index (χ3n) is 4.11. The summed E-state index contributed by atoms with van der Waals surface area (Å²) in [6, 6.07) is 11.1. The molecule has 0 radical (unpaired) electrons. The van der Waals surface area contributed by atoms with E-state index in [0.29, 0.717) is 22.0 Å². The number of halogens is 1. The van der Waals surface area contributed by atoms with Crippen LogP contribution in [0.25, 0.3) is 10.9 Å². The highest BCUT2D eigenvalue weighted by Crippen LogP contribution is 2.31. The Morgan fingerprint density at radius 1 is 1.22 bits per heavy atom. The second kappa shape index (κ2) is 8.50. The fourth-order valence-corrected chi connectivity index (χ4v) is 3.59. The first kappa shape index (κ1) is 19.3. The molecule has 0 atom stereocenters. The van der Waals surface area contributed by atoms with Gasteiger partial charge in [-0.2, -0.15) is 0 Å². The van der Waals surface area contributed by atoms with Gasteiger partial charge in [-0.05, 0) is 24.6 Å². The SMILES string of the molecule is COc1cc(Cl)c(C)cc1NC(=O)CSCC(=O)c1c[nH]c2ccccc12. The number of aromatic nitrogens is 1. The van der Waals surface area contributed by atoms with E-state index in [4.69, 9.17) is 16.3 Å². The first-order valence-corrected chi connectivity index (χ1v) is 9.84. The number of benzene rings is 2. The lowest BCUT2D eigenvalue weighted by atomic mass is 10.1. The van der Waals surface area contributed by atoms with Crippen LogP contribution in [0, 0.1) is 6.92 Å². The van der Waals surface area contributed by atoms with E-state index in [0.717, 1.165) is 16.5 Å². The Morgan fingerprint density at radius 3 is 2.78 bits per heavy atom. The molecule has 0 spiro atoms. The van der Waals surface area contributed by atoms with Gasteiger partial charge in [0.05, 0.1) is 24.3 Å². The average molecular weight is 403 g/mol. The van der Waals surface area contributed by atoms with Gasteiger partial charge >= 0.3 is 0 Å². The molecular weight excluding hydrogens is 384 g/mol. The van der Waals surface area contributed by atoms with Crippen LogP contribution < -0.4 is 10.1 Å². The Morgan fingerprint density at radius 2 is 2.00 bits per heavy atom. The zero-order valence-electron chi connectivity index (χ0n) is 15.0. The quantitative estimate of drug-likeness (QED) is 0.562. The normalized spacial score (nSPS) is 10.8. The number of amides is 1. The Labute approximate surface area is 166 Å². The standard InChI is InChI=1S/C20H19ClN2O3S/c1-12-7-17(19(26-2)8-15(12)21)23-20(25)11-27-10-18(24)14-9-22-16-6-4-3-5-13(14)16/h3-9,22H,10-11H2,1-2H3,(H,23,25). The Bertz CT molecular complexity index is 1000. The Kier molecular flexibility index (Phi) is 6.08. The molecule has 1 heterocycles. The summed E-state index contributed by atoms with van der Waals surface area (Å²) in [4.78, 5) is 27.7. The van der Waals surface area contributed by atoms with Crippen LogP contribution in [-0.4, -0.2) is 35.3 Å². The summed E-state index contributed by atoms with van der Waals surface area (Å²) in [7, 11) is 1.52. The predicted octanol–water partition coefficient (Wildman–Crippen LogP) is 4.69. The van der Waals surface area contributed by atoms with Gasteiger partial charge in [-0.15, -0.1) is 11.8 Å². The first-order chi connectivity index (χ1) is 13.0. The number of ether oxygens (including phenoxy) is 1. The molecule has 1 amide bonds. The van der Waals surface area contributed by atoms with Crippen molar-refractivity contribution in [2.75, 3.05) is 23.9 Å². The number of methoxy groups -OCH3 is 1. The number of hydrogen-bond acceptors (Lipinski definition) is 4. The van der Waals surface area contributed by atoms with Crippen molar-refractivity contribution in [3.63, 3.8) is 0 Å². The van der Waals surface area contributed by atoms with Gasteiger partial charge in [0.1, 0.15) is 5.75 Å². The zero-order chi connectivity index (χ0) is 19.4. The van der Waals surface area contributed by atoms with Gasteiger partial charge in [-0.3, -0.25) is 9.59 Å². The Hall–Kier alpha value is -2.44. The summed E-state index contributed by atoms with van der Waals surface area (Å²) in [5.74, 6) is 0.682. The third-order valence-corrected chi connectivity index (χ3v) is 5.45. The van der Waals surface area contributed by atoms with Crippen molar-refractivity contribution in [2.24, 2.45) is 0 Å². The van der Waals surface area contributed by atoms with E-state index in [1.54, 1.807) is 18.3 Å². The molecule has 0 aliphatic carbocycles. The van der Waals surface area contributed by atoms with E-state index in [1.807, 2.05) is 31.2 Å². The fourth-order valence-electron chi connectivity index (χ4n) is 2.73. The molecule has 3 aromatic rings. The van der Waals surface area contributed by atoms with Crippen LogP contribution in [0.3, 0.4) is 0 Å². The number of thioether (sulfide) groups is 1. The molecule has 0 aliphatic heterocycles. The molecule has 2 N–H and O–H groups in total. The third kappa shape index (κ3) is 4.46. The van der Waals surface area contributed by atoms with Gasteiger partial charge in [0.2, 0.25) is 5.91 Å². The maximum atomic E-state index is 12.4. The fraction of sp³-hybridized carbons (Fsp3) is 0.200. The van der Waals surface area contributed by atoms with E-state index in [2.05, 4.69) is 10.3 Å². The van der Waals surface area contributed by atoms with Gasteiger partial charge in [-0.1, -0.05) is 29.8 Å². The monoisotopic (exact) mass is 402 g/mol. The minimum atomic E-state index is -0.202. The van der Waals surface area contributed by atoms with Gasteiger partial charge in [0.15, 0.2) is 5.78 Å². The van der Waals surface area contributed by atoms with Crippen molar-refractivity contribution in [1.82, 2.24) is 4.98 Å². The van der Waals surface area contributed by atoms with E-state index in [-0.39, 0.29) is 23.2 Å². The maximum absolute atomic E-state index is 12.4. The number of aryl methyl sites for hydroxylation is 1. The van der Waals surface area contributed by atoms with E-state index in [1.165, 1.54) is 18.9 Å². The van der Waals surface area contributed by atoms with Crippen LogP contribution in [-0.2, 0) is 4.79 Å². The molecule has 0 fully saturated rings. The molecule has 0 saturated heterocycles. The molecule has 140 valence electrons. The summed E-state index contributed by atoms with van der Waals surface area (Å²) in [5.41, 5.74) is 2.98. The van der Waals surface area contributed by atoms with Crippen molar-refractivity contribution < 1.29 is 14.3 Å². The van der Waals surface area contributed by atoms with Crippen molar-refractivity contribution in [2.45, 2.75) is 6.92 Å². The molecule has 7 heteroatoms. The van der Waals surface area contributed by atoms with Crippen LogP contribution in [0.15, 0.2) is 42.6 Å². The van der Waals surface area contributed by atoms with E-state index >= 15 is 0 Å². The number of rotatable bonds is 7. The molecule has 0 saturated carbocycles. The van der Waals surface area contributed by atoms with Crippen LogP contribution in [0.1, 0.15) is 15.9 Å². The second-order valence-electron chi connectivity index (χ2n) is 6.01. The number of hydrogen-bond donors (Lipinski definition) is 2. The predicted molar refractivity (Wildman–Crippen MR) is 111 cm³/mol. The highest BCUT2D eigenvalue weighted by molar-refractivity contribution is 8.00. The van der Waals surface area contributed by atoms with Crippen molar-refractivity contribution in [1.29, 1.82) is 0 Å². The minimum absolute atomic E-state index is 0.00910. The average Bonchev–Trinajstić information content (AvgIpc) is 3.08. The van der Waals surface area contributed by atoms with Crippen LogP contribution in [0.4, 0.5) is 5.69 Å².